The van der Waals surface area contributed by atoms with Crippen LogP contribution < -0.4 is 24.4 Å². The number of rotatable bonds is 10. The van der Waals surface area contributed by atoms with Gasteiger partial charge in [0.2, 0.25) is 11.8 Å². The fraction of sp³-hybridized carbons (Fsp3) is 0.333. The van der Waals surface area contributed by atoms with E-state index < -0.39 is 6.04 Å². The maximum Gasteiger partial charge on any atom is 0.249 e. The molecule has 1 N–H and O–H groups in total. The van der Waals surface area contributed by atoms with Crippen LogP contribution in [0.4, 0.5) is 5.69 Å². The molecule has 1 fully saturated rings. The predicted molar refractivity (Wildman–Crippen MR) is 151 cm³/mol. The zero-order valence-electron chi connectivity index (χ0n) is 22.9. The molecular formula is C30H33N5O5. The van der Waals surface area contributed by atoms with E-state index in [1.54, 1.807) is 56.3 Å². The van der Waals surface area contributed by atoms with E-state index in [-0.39, 0.29) is 24.4 Å². The number of methoxy groups -OCH3 is 3. The molecule has 0 aliphatic heterocycles. The highest BCUT2D eigenvalue weighted by molar-refractivity contribution is 6.02. The smallest absolute Gasteiger partial charge is 0.249 e. The van der Waals surface area contributed by atoms with Gasteiger partial charge in [-0.05, 0) is 42.7 Å². The summed E-state index contributed by atoms with van der Waals surface area (Å²) in [6.07, 6.45) is 3.93. The van der Waals surface area contributed by atoms with Gasteiger partial charge in [0.25, 0.3) is 0 Å². The number of fused-ring (bicyclic) bond motifs is 1. The van der Waals surface area contributed by atoms with E-state index in [1.165, 1.54) is 4.90 Å². The minimum Gasteiger partial charge on any atom is -0.497 e. The topological polar surface area (TPSA) is 108 Å². The second-order valence-electron chi connectivity index (χ2n) is 9.74. The standard InChI is InChI=1S/C30H33N5O5/c1-38-23-12-8-9-20(15-23)29(30(37)31-21-10-4-5-11-21)35(22-16-24(39-2)18-25(17-22)40-3)28(36)19-34-27-14-7-6-13-26(27)32-33-34/h6-9,12-18,21,29H,4-5,10-11,19H2,1-3H3,(H,31,37). The number of hydrogen-bond acceptors (Lipinski definition) is 7. The molecule has 0 bridgehead atoms. The van der Waals surface area contributed by atoms with Gasteiger partial charge in [-0.1, -0.05) is 42.3 Å². The van der Waals surface area contributed by atoms with Crippen molar-refractivity contribution in [1.29, 1.82) is 0 Å². The van der Waals surface area contributed by atoms with E-state index in [1.807, 2.05) is 36.4 Å². The summed E-state index contributed by atoms with van der Waals surface area (Å²) in [5.74, 6) is 0.908. The number of carbonyl (C=O) groups excluding carboxylic acids is 2. The molecular weight excluding hydrogens is 510 g/mol. The van der Waals surface area contributed by atoms with Crippen LogP contribution >= 0.6 is 0 Å². The monoisotopic (exact) mass is 543 g/mol. The third-order valence-corrected chi connectivity index (χ3v) is 7.21. The normalized spacial score (nSPS) is 14.1. The molecule has 1 unspecified atom stereocenters. The number of aromatic nitrogens is 3. The molecule has 10 heteroatoms. The van der Waals surface area contributed by atoms with E-state index in [9.17, 15) is 9.59 Å². The SMILES string of the molecule is COc1cccc(C(C(=O)NC2CCCC2)N(C(=O)Cn2nnc3ccccc32)c2cc(OC)cc(OC)c2)c1. The van der Waals surface area contributed by atoms with Crippen LogP contribution in [-0.4, -0.2) is 54.2 Å². The molecule has 1 saturated carbocycles. The molecule has 4 aromatic rings. The number of nitrogens with zero attached hydrogens (tertiary/aromatic N) is 4. The van der Waals surface area contributed by atoms with E-state index in [4.69, 9.17) is 14.2 Å². The Labute approximate surface area is 232 Å². The minimum atomic E-state index is -1.00. The fourth-order valence-electron chi connectivity index (χ4n) is 5.19. The van der Waals surface area contributed by atoms with Gasteiger partial charge in [-0.25, -0.2) is 4.68 Å². The predicted octanol–water partition coefficient (Wildman–Crippen LogP) is 4.29. The Kier molecular flexibility index (Phi) is 8.14. The van der Waals surface area contributed by atoms with Gasteiger partial charge in [0, 0.05) is 24.2 Å². The maximum atomic E-state index is 14.3. The highest BCUT2D eigenvalue weighted by atomic mass is 16.5. The van der Waals surface area contributed by atoms with Crippen LogP contribution in [0.1, 0.15) is 37.3 Å². The number of hydrogen-bond donors (Lipinski definition) is 1. The number of amides is 2. The minimum absolute atomic E-state index is 0.0525. The summed E-state index contributed by atoms with van der Waals surface area (Å²) in [5.41, 5.74) is 2.44. The number of anilines is 1. The first-order valence-corrected chi connectivity index (χ1v) is 13.3. The van der Waals surface area contributed by atoms with Crippen LogP contribution in [-0.2, 0) is 16.1 Å². The van der Waals surface area contributed by atoms with Crippen molar-refractivity contribution in [2.45, 2.75) is 44.3 Å². The number of carbonyl (C=O) groups is 2. The van der Waals surface area contributed by atoms with Gasteiger partial charge < -0.3 is 19.5 Å². The van der Waals surface area contributed by atoms with Crippen molar-refractivity contribution in [3.05, 3.63) is 72.3 Å². The molecule has 0 spiro atoms. The zero-order valence-corrected chi connectivity index (χ0v) is 22.9. The molecule has 0 radical (unpaired) electrons. The number of nitrogens with one attached hydrogen (secondary N) is 1. The van der Waals surface area contributed by atoms with Gasteiger partial charge in [0.1, 0.15) is 35.4 Å². The molecule has 208 valence electrons. The van der Waals surface area contributed by atoms with Crippen LogP contribution in [0.5, 0.6) is 17.2 Å². The fourth-order valence-corrected chi connectivity index (χ4v) is 5.19. The maximum absolute atomic E-state index is 14.3. The summed E-state index contributed by atoms with van der Waals surface area (Å²) >= 11 is 0. The first-order valence-electron chi connectivity index (χ1n) is 13.3. The Balaban J connectivity index is 1.63. The molecule has 2 amide bonds. The lowest BCUT2D eigenvalue weighted by molar-refractivity contribution is -0.127. The van der Waals surface area contributed by atoms with Crippen LogP contribution in [0.25, 0.3) is 11.0 Å². The molecule has 0 saturated heterocycles. The molecule has 40 heavy (non-hydrogen) atoms. The Morgan fingerprint density at radius 1 is 0.925 bits per heavy atom. The molecule has 1 aromatic heterocycles. The number of para-hydroxylation sites is 1. The Morgan fingerprint density at radius 3 is 2.33 bits per heavy atom. The van der Waals surface area contributed by atoms with E-state index >= 15 is 0 Å². The van der Waals surface area contributed by atoms with Crippen LogP contribution in [0.2, 0.25) is 0 Å². The molecule has 5 rings (SSSR count). The van der Waals surface area contributed by atoms with Crippen LogP contribution in [0, 0.1) is 0 Å². The average molecular weight is 544 g/mol. The van der Waals surface area contributed by atoms with Gasteiger partial charge in [-0.2, -0.15) is 0 Å². The highest BCUT2D eigenvalue weighted by Gasteiger charge is 2.35. The van der Waals surface area contributed by atoms with Gasteiger partial charge >= 0.3 is 0 Å². The lowest BCUT2D eigenvalue weighted by atomic mass is 10.0. The second kappa shape index (κ2) is 12.1. The molecule has 1 atom stereocenters. The third kappa shape index (κ3) is 5.70. The van der Waals surface area contributed by atoms with Crippen molar-refractivity contribution < 1.29 is 23.8 Å². The summed E-state index contributed by atoms with van der Waals surface area (Å²) in [6.45, 7) is -0.142. The first-order chi connectivity index (χ1) is 19.5. The largest absolute Gasteiger partial charge is 0.497 e. The molecule has 1 heterocycles. The average Bonchev–Trinajstić information content (AvgIpc) is 3.65. The van der Waals surface area contributed by atoms with E-state index in [0.29, 0.717) is 39.5 Å². The van der Waals surface area contributed by atoms with Crippen molar-refractivity contribution in [2.24, 2.45) is 0 Å². The van der Waals surface area contributed by atoms with E-state index in [2.05, 4.69) is 15.6 Å². The summed E-state index contributed by atoms with van der Waals surface area (Å²) in [7, 11) is 4.65. The zero-order chi connectivity index (χ0) is 28.1. The van der Waals surface area contributed by atoms with Crippen molar-refractivity contribution >= 4 is 28.5 Å². The van der Waals surface area contributed by atoms with Gasteiger partial charge in [0.05, 0.1) is 32.5 Å². The number of benzene rings is 3. The molecule has 1 aliphatic carbocycles. The summed E-state index contributed by atoms with van der Waals surface area (Å²) in [6, 6.07) is 18.8. The quantitative estimate of drug-likeness (QED) is 0.318. The molecule has 10 nitrogen and oxygen atoms in total. The van der Waals surface area contributed by atoms with Crippen molar-refractivity contribution in [3.63, 3.8) is 0 Å². The van der Waals surface area contributed by atoms with Gasteiger partial charge in [-0.3, -0.25) is 14.5 Å². The lowest BCUT2D eigenvalue weighted by Gasteiger charge is -2.33. The third-order valence-electron chi connectivity index (χ3n) is 7.21. The van der Waals surface area contributed by atoms with Crippen molar-refractivity contribution in [2.75, 3.05) is 26.2 Å². The van der Waals surface area contributed by atoms with Crippen LogP contribution in [0.3, 0.4) is 0 Å². The van der Waals surface area contributed by atoms with Crippen molar-refractivity contribution in [3.8, 4) is 17.2 Å². The molecule has 3 aromatic carbocycles. The Bertz CT molecular complexity index is 1470. The highest BCUT2D eigenvalue weighted by Crippen LogP contribution is 2.35. The molecule has 1 aliphatic rings. The van der Waals surface area contributed by atoms with Crippen LogP contribution in [0.15, 0.2) is 66.7 Å². The summed E-state index contributed by atoms with van der Waals surface area (Å²) in [4.78, 5) is 29.9. The summed E-state index contributed by atoms with van der Waals surface area (Å²) in [5, 5.41) is 11.6. The van der Waals surface area contributed by atoms with Gasteiger partial charge in [-0.15, -0.1) is 5.10 Å². The van der Waals surface area contributed by atoms with E-state index in [0.717, 1.165) is 25.7 Å². The lowest BCUT2D eigenvalue weighted by Crippen LogP contribution is -2.47. The number of ether oxygens (including phenoxy) is 3. The second-order valence-corrected chi connectivity index (χ2v) is 9.74. The first kappa shape index (κ1) is 27.0. The Morgan fingerprint density at radius 2 is 1.62 bits per heavy atom. The van der Waals surface area contributed by atoms with Gasteiger partial charge in [0.15, 0.2) is 0 Å². The summed E-state index contributed by atoms with van der Waals surface area (Å²) < 4.78 is 18.0. The Hall–Kier alpha value is -4.60. The van der Waals surface area contributed by atoms with Crippen molar-refractivity contribution in [1.82, 2.24) is 20.3 Å².